The fraction of sp³-hybridized carbons (Fsp3) is 0.400. The third-order valence-corrected chi connectivity index (χ3v) is 5.72. The summed E-state index contributed by atoms with van der Waals surface area (Å²) in [5, 5.41) is 19.0. The van der Waals surface area contributed by atoms with Crippen LogP contribution in [-0.4, -0.2) is 41.7 Å². The first kappa shape index (κ1) is 23.3. The number of phenolic OH excluding ortho intramolecular Hbond substituents is 1. The lowest BCUT2D eigenvalue weighted by Crippen LogP contribution is -2.24. The van der Waals surface area contributed by atoms with Crippen LogP contribution in [0, 0.1) is 6.92 Å². The van der Waals surface area contributed by atoms with E-state index < -0.39 is 0 Å². The monoisotopic (exact) mass is 436 g/mol. The largest absolute Gasteiger partial charge is 0.508 e. The van der Waals surface area contributed by atoms with Crippen LogP contribution in [-0.2, 0) is 9.59 Å². The summed E-state index contributed by atoms with van der Waals surface area (Å²) < 4.78 is 0. The van der Waals surface area contributed by atoms with Gasteiger partial charge in [-0.05, 0) is 53.8 Å². The summed E-state index contributed by atoms with van der Waals surface area (Å²) in [6, 6.07) is 11.3. The van der Waals surface area contributed by atoms with E-state index in [1.807, 2.05) is 70.1 Å². The van der Waals surface area contributed by atoms with Crippen molar-refractivity contribution in [1.29, 1.82) is 0 Å². The zero-order valence-electron chi connectivity index (χ0n) is 19.6. The molecule has 0 saturated carbocycles. The Bertz CT molecular complexity index is 1040. The maximum absolute atomic E-state index is 12.8. The second-order valence-electron chi connectivity index (χ2n) is 8.84. The summed E-state index contributed by atoms with van der Waals surface area (Å²) in [5.74, 6) is 0.0162. The molecule has 1 unspecified atom stereocenters. The molecule has 2 aromatic carbocycles. The number of benzene rings is 2. The first-order valence-electron chi connectivity index (χ1n) is 10.8. The molecule has 2 aromatic rings. The SMILES string of the molecule is CC(=O)N1N=C(CC(=O)Nc2cc(C(C)C)c(O)cc2C)CC1c1ccc(N(C)C)cc1. The quantitative estimate of drug-likeness (QED) is 0.650. The number of hydrogen-bond acceptors (Lipinski definition) is 5. The number of phenols is 1. The van der Waals surface area contributed by atoms with Gasteiger partial charge in [0, 0.05) is 38.8 Å². The summed E-state index contributed by atoms with van der Waals surface area (Å²) >= 11 is 0. The van der Waals surface area contributed by atoms with Gasteiger partial charge >= 0.3 is 0 Å². The Morgan fingerprint density at radius 3 is 2.44 bits per heavy atom. The Kier molecular flexibility index (Phi) is 6.87. The van der Waals surface area contributed by atoms with Crippen LogP contribution in [0.25, 0.3) is 0 Å². The van der Waals surface area contributed by atoms with E-state index in [1.165, 1.54) is 11.9 Å². The van der Waals surface area contributed by atoms with Crippen molar-refractivity contribution in [3.63, 3.8) is 0 Å². The number of amides is 2. The van der Waals surface area contributed by atoms with E-state index in [4.69, 9.17) is 0 Å². The molecule has 7 nitrogen and oxygen atoms in total. The molecule has 1 heterocycles. The van der Waals surface area contributed by atoms with Gasteiger partial charge in [0.25, 0.3) is 0 Å². The first-order chi connectivity index (χ1) is 15.1. The molecule has 7 heteroatoms. The summed E-state index contributed by atoms with van der Waals surface area (Å²) in [4.78, 5) is 27.0. The van der Waals surface area contributed by atoms with E-state index >= 15 is 0 Å². The average Bonchev–Trinajstić information content (AvgIpc) is 3.13. The number of nitrogens with one attached hydrogen (secondary N) is 1. The van der Waals surface area contributed by atoms with Crippen molar-refractivity contribution in [2.45, 2.75) is 52.5 Å². The number of aryl methyl sites for hydroxylation is 1. The summed E-state index contributed by atoms with van der Waals surface area (Å²) in [7, 11) is 3.96. The molecular weight excluding hydrogens is 404 g/mol. The molecule has 170 valence electrons. The molecule has 1 aliphatic heterocycles. The van der Waals surface area contributed by atoms with Crippen LogP contribution >= 0.6 is 0 Å². The molecule has 0 fully saturated rings. The lowest BCUT2D eigenvalue weighted by Gasteiger charge is -2.21. The van der Waals surface area contributed by atoms with Crippen LogP contribution < -0.4 is 10.2 Å². The van der Waals surface area contributed by atoms with E-state index in [0.717, 1.165) is 22.4 Å². The van der Waals surface area contributed by atoms with Gasteiger partial charge < -0.3 is 15.3 Å². The van der Waals surface area contributed by atoms with Crippen LogP contribution in [0.4, 0.5) is 11.4 Å². The van der Waals surface area contributed by atoms with Gasteiger partial charge in [-0.15, -0.1) is 0 Å². The molecular formula is C25H32N4O3. The molecule has 2 amide bonds. The van der Waals surface area contributed by atoms with E-state index in [1.54, 1.807) is 6.07 Å². The lowest BCUT2D eigenvalue weighted by atomic mass is 9.98. The molecule has 0 radical (unpaired) electrons. The zero-order chi connectivity index (χ0) is 23.6. The van der Waals surface area contributed by atoms with Crippen molar-refractivity contribution in [1.82, 2.24) is 5.01 Å². The van der Waals surface area contributed by atoms with Crippen molar-refractivity contribution in [3.8, 4) is 5.75 Å². The number of hydrogen-bond donors (Lipinski definition) is 2. The van der Waals surface area contributed by atoms with Crippen LogP contribution in [0.5, 0.6) is 5.75 Å². The van der Waals surface area contributed by atoms with Gasteiger partial charge in [0.2, 0.25) is 11.8 Å². The molecule has 0 saturated heterocycles. The highest BCUT2D eigenvalue weighted by molar-refractivity contribution is 6.07. The maximum Gasteiger partial charge on any atom is 0.240 e. The number of rotatable bonds is 6. The van der Waals surface area contributed by atoms with Gasteiger partial charge in [-0.1, -0.05) is 26.0 Å². The van der Waals surface area contributed by atoms with Gasteiger partial charge in [-0.3, -0.25) is 9.59 Å². The van der Waals surface area contributed by atoms with Gasteiger partial charge in [-0.2, -0.15) is 5.10 Å². The molecule has 0 aliphatic carbocycles. The van der Waals surface area contributed by atoms with Crippen molar-refractivity contribution in [3.05, 3.63) is 53.1 Å². The second kappa shape index (κ2) is 9.42. The van der Waals surface area contributed by atoms with Crippen molar-refractivity contribution < 1.29 is 14.7 Å². The Morgan fingerprint density at radius 2 is 1.88 bits per heavy atom. The zero-order valence-corrected chi connectivity index (χ0v) is 19.6. The van der Waals surface area contributed by atoms with Crippen LogP contribution in [0.2, 0.25) is 0 Å². The molecule has 1 aliphatic rings. The Morgan fingerprint density at radius 1 is 1.22 bits per heavy atom. The normalized spacial score (nSPS) is 15.7. The van der Waals surface area contributed by atoms with Crippen molar-refractivity contribution in [2.75, 3.05) is 24.3 Å². The smallest absolute Gasteiger partial charge is 0.240 e. The fourth-order valence-corrected chi connectivity index (χ4v) is 3.91. The van der Waals surface area contributed by atoms with E-state index in [9.17, 15) is 14.7 Å². The number of aromatic hydroxyl groups is 1. The second-order valence-corrected chi connectivity index (χ2v) is 8.84. The number of hydrazone groups is 1. The number of anilines is 2. The number of nitrogens with zero attached hydrogens (tertiary/aromatic N) is 3. The van der Waals surface area contributed by atoms with Gasteiger partial charge in [0.15, 0.2) is 0 Å². The summed E-state index contributed by atoms with van der Waals surface area (Å²) in [5.41, 5.74) is 4.98. The van der Waals surface area contributed by atoms with Gasteiger partial charge in [-0.25, -0.2) is 5.01 Å². The predicted octanol–water partition coefficient (Wildman–Crippen LogP) is 4.57. The molecule has 0 bridgehead atoms. The van der Waals surface area contributed by atoms with E-state index in [2.05, 4.69) is 10.4 Å². The Balaban J connectivity index is 1.73. The summed E-state index contributed by atoms with van der Waals surface area (Å²) in [6.45, 7) is 7.31. The number of carbonyl (C=O) groups is 2. The van der Waals surface area contributed by atoms with Crippen LogP contribution in [0.15, 0.2) is 41.5 Å². The Hall–Kier alpha value is -3.35. The van der Waals surface area contributed by atoms with Crippen molar-refractivity contribution in [2.24, 2.45) is 5.10 Å². The molecule has 2 N–H and O–H groups in total. The molecule has 0 spiro atoms. The molecule has 0 aromatic heterocycles. The third kappa shape index (κ3) is 5.10. The standard InChI is InChI=1S/C25H32N4O3/c1-15(2)21-14-22(16(3)11-24(21)31)26-25(32)13-19-12-23(29(27-19)17(4)30)18-7-9-20(10-8-18)28(5)6/h7-11,14-15,23,31H,12-13H2,1-6H3,(H,26,32). The average molecular weight is 437 g/mol. The maximum atomic E-state index is 12.8. The Labute approximate surface area is 189 Å². The predicted molar refractivity (Wildman–Crippen MR) is 128 cm³/mol. The van der Waals surface area contributed by atoms with E-state index in [-0.39, 0.29) is 35.9 Å². The van der Waals surface area contributed by atoms with Crippen LogP contribution in [0.1, 0.15) is 62.3 Å². The minimum absolute atomic E-state index is 0.105. The van der Waals surface area contributed by atoms with E-state index in [0.29, 0.717) is 17.8 Å². The lowest BCUT2D eigenvalue weighted by molar-refractivity contribution is -0.130. The van der Waals surface area contributed by atoms with Gasteiger partial charge in [0.05, 0.1) is 18.2 Å². The molecule has 3 rings (SSSR count). The fourth-order valence-electron chi connectivity index (χ4n) is 3.91. The van der Waals surface area contributed by atoms with Gasteiger partial charge in [0.1, 0.15) is 5.75 Å². The minimum atomic E-state index is -0.213. The molecule has 1 atom stereocenters. The summed E-state index contributed by atoms with van der Waals surface area (Å²) in [6.07, 6.45) is 0.619. The minimum Gasteiger partial charge on any atom is -0.508 e. The molecule has 32 heavy (non-hydrogen) atoms. The van der Waals surface area contributed by atoms with Crippen LogP contribution in [0.3, 0.4) is 0 Å². The highest BCUT2D eigenvalue weighted by atomic mass is 16.3. The highest BCUT2D eigenvalue weighted by Gasteiger charge is 2.31. The third-order valence-electron chi connectivity index (χ3n) is 5.72. The topological polar surface area (TPSA) is 85.2 Å². The highest BCUT2D eigenvalue weighted by Crippen LogP contribution is 2.34. The number of carbonyl (C=O) groups excluding carboxylic acids is 2. The first-order valence-corrected chi connectivity index (χ1v) is 10.8. The van der Waals surface area contributed by atoms with Crippen molar-refractivity contribution >= 4 is 28.9 Å².